The van der Waals surface area contributed by atoms with Crippen LogP contribution in [-0.2, 0) is 6.42 Å². The highest BCUT2D eigenvalue weighted by atomic mass is 16.7. The van der Waals surface area contributed by atoms with Crippen molar-refractivity contribution in [3.63, 3.8) is 0 Å². The molecule has 0 saturated carbocycles. The summed E-state index contributed by atoms with van der Waals surface area (Å²) in [7, 11) is 0. The van der Waals surface area contributed by atoms with Gasteiger partial charge < -0.3 is 9.84 Å². The number of rotatable bonds is 1. The van der Waals surface area contributed by atoms with Gasteiger partial charge in [0.25, 0.3) is 0 Å². The molecule has 2 rings (SSSR count). The number of nitrogens with zero attached hydrogens (tertiary/aromatic N) is 1. The fraction of sp³-hybridized carbons (Fsp3) is 0.333. The van der Waals surface area contributed by atoms with Crippen molar-refractivity contribution in [3.05, 3.63) is 33.9 Å². The van der Waals surface area contributed by atoms with Crippen molar-refractivity contribution in [3.8, 4) is 11.5 Å². The Morgan fingerprint density at radius 1 is 1.57 bits per heavy atom. The molecule has 1 N–H and O–H groups in total. The Bertz CT molecular complexity index is 377. The van der Waals surface area contributed by atoms with Crippen LogP contribution < -0.4 is 4.74 Å². The molecule has 14 heavy (non-hydrogen) atoms. The number of hydrogen-bond acceptors (Lipinski definition) is 4. The summed E-state index contributed by atoms with van der Waals surface area (Å²) in [6.07, 6.45) is -0.0363. The molecule has 0 spiro atoms. The zero-order chi connectivity index (χ0) is 10.1. The summed E-state index contributed by atoms with van der Waals surface area (Å²) in [5.74, 6) is 0.655. The largest absolute Gasteiger partial charge is 0.508 e. The Morgan fingerprint density at radius 2 is 2.36 bits per heavy atom. The zero-order valence-corrected chi connectivity index (χ0v) is 7.34. The van der Waals surface area contributed by atoms with E-state index in [1.165, 1.54) is 6.07 Å². The molecule has 1 aliphatic heterocycles. The Labute approximate surface area is 80.1 Å². The van der Waals surface area contributed by atoms with Gasteiger partial charge in [0.05, 0.1) is 11.3 Å². The first-order valence-corrected chi connectivity index (χ1v) is 4.29. The molecular weight excluding hydrogens is 186 g/mol. The van der Waals surface area contributed by atoms with Crippen LogP contribution in [0.15, 0.2) is 18.2 Å². The fourth-order valence-electron chi connectivity index (χ4n) is 1.51. The van der Waals surface area contributed by atoms with Gasteiger partial charge in [-0.05, 0) is 30.2 Å². The molecule has 0 aliphatic carbocycles. The van der Waals surface area contributed by atoms with Crippen molar-refractivity contribution in [1.29, 1.82) is 0 Å². The smallest absolute Gasteiger partial charge is 0.354 e. The van der Waals surface area contributed by atoms with Gasteiger partial charge in [-0.2, -0.15) is 0 Å². The summed E-state index contributed by atoms with van der Waals surface area (Å²) < 4.78 is 5.14. The van der Waals surface area contributed by atoms with E-state index >= 15 is 0 Å². The van der Waals surface area contributed by atoms with Gasteiger partial charge in [-0.25, -0.2) is 0 Å². The predicted octanol–water partition coefficient (Wildman–Crippen LogP) is 1.32. The van der Waals surface area contributed by atoms with Crippen LogP contribution in [0.3, 0.4) is 0 Å². The molecule has 0 fully saturated rings. The number of phenolic OH excluding ortho intramolecular Hbond substituents is 1. The first-order valence-electron chi connectivity index (χ1n) is 4.29. The molecule has 0 saturated heterocycles. The lowest BCUT2D eigenvalue weighted by atomic mass is 10.1. The SMILES string of the molecule is O=[N+]([O-])C1CCc2cc(O)ccc2O1. The molecule has 1 aromatic carbocycles. The van der Waals surface area contributed by atoms with E-state index in [4.69, 9.17) is 4.74 Å². The highest BCUT2D eigenvalue weighted by Gasteiger charge is 2.27. The standard InChI is InChI=1S/C9H9NO4/c11-7-2-3-8-6(5-7)1-4-9(14-8)10(12)13/h2-3,5,9,11H,1,4H2. The number of aryl methyl sites for hydroxylation is 1. The monoisotopic (exact) mass is 195 g/mol. The third-order valence-electron chi connectivity index (χ3n) is 2.20. The van der Waals surface area contributed by atoms with Crippen molar-refractivity contribution in [1.82, 2.24) is 0 Å². The minimum atomic E-state index is -0.952. The van der Waals surface area contributed by atoms with Crippen LogP contribution in [0.5, 0.6) is 11.5 Å². The number of ether oxygens (including phenoxy) is 1. The van der Waals surface area contributed by atoms with Gasteiger partial charge in [-0.1, -0.05) is 0 Å². The molecule has 1 heterocycles. The van der Waals surface area contributed by atoms with E-state index in [1.807, 2.05) is 0 Å². The lowest BCUT2D eigenvalue weighted by Crippen LogP contribution is -2.30. The Morgan fingerprint density at radius 3 is 3.07 bits per heavy atom. The molecule has 1 atom stereocenters. The molecular formula is C9H9NO4. The van der Waals surface area contributed by atoms with E-state index in [9.17, 15) is 15.2 Å². The lowest BCUT2D eigenvalue weighted by Gasteiger charge is -2.19. The summed E-state index contributed by atoms with van der Waals surface area (Å²) in [5.41, 5.74) is 0.822. The first-order chi connectivity index (χ1) is 6.66. The topological polar surface area (TPSA) is 72.6 Å². The van der Waals surface area contributed by atoms with Gasteiger partial charge in [-0.15, -0.1) is 0 Å². The van der Waals surface area contributed by atoms with Gasteiger partial charge in [0.2, 0.25) is 0 Å². The van der Waals surface area contributed by atoms with E-state index in [1.54, 1.807) is 12.1 Å². The molecule has 0 bridgehead atoms. The van der Waals surface area contributed by atoms with Crippen LogP contribution >= 0.6 is 0 Å². The molecule has 0 aromatic heterocycles. The third kappa shape index (κ3) is 1.48. The average molecular weight is 195 g/mol. The number of phenols is 1. The van der Waals surface area contributed by atoms with Crippen molar-refractivity contribution in [2.24, 2.45) is 0 Å². The molecule has 5 heteroatoms. The van der Waals surface area contributed by atoms with Gasteiger partial charge in [0.15, 0.2) is 0 Å². The third-order valence-corrected chi connectivity index (χ3v) is 2.20. The predicted molar refractivity (Wildman–Crippen MR) is 47.8 cm³/mol. The van der Waals surface area contributed by atoms with Gasteiger partial charge in [-0.3, -0.25) is 10.1 Å². The summed E-state index contributed by atoms with van der Waals surface area (Å²) in [6.45, 7) is 0. The molecule has 1 aliphatic rings. The van der Waals surface area contributed by atoms with E-state index < -0.39 is 11.2 Å². The van der Waals surface area contributed by atoms with Crippen LogP contribution in [0.25, 0.3) is 0 Å². The second-order valence-electron chi connectivity index (χ2n) is 3.19. The average Bonchev–Trinajstić information content (AvgIpc) is 2.16. The summed E-state index contributed by atoms with van der Waals surface area (Å²) in [4.78, 5) is 10.0. The lowest BCUT2D eigenvalue weighted by molar-refractivity contribution is -0.564. The Balaban J connectivity index is 2.27. The zero-order valence-electron chi connectivity index (χ0n) is 7.34. The summed E-state index contributed by atoms with van der Waals surface area (Å²) >= 11 is 0. The minimum Gasteiger partial charge on any atom is -0.508 e. The van der Waals surface area contributed by atoms with Crippen molar-refractivity contribution in [2.75, 3.05) is 0 Å². The summed E-state index contributed by atoms with van der Waals surface area (Å²) in [6, 6.07) is 4.59. The van der Waals surface area contributed by atoms with Crippen LogP contribution in [0.2, 0.25) is 0 Å². The van der Waals surface area contributed by atoms with Crippen molar-refractivity contribution in [2.45, 2.75) is 19.1 Å². The van der Waals surface area contributed by atoms with Gasteiger partial charge >= 0.3 is 6.23 Å². The Hall–Kier alpha value is -1.78. The maximum atomic E-state index is 10.5. The first kappa shape index (κ1) is 8.80. The number of benzene rings is 1. The fourth-order valence-corrected chi connectivity index (χ4v) is 1.51. The van der Waals surface area contributed by atoms with Crippen LogP contribution in [0, 0.1) is 10.1 Å². The van der Waals surface area contributed by atoms with Gasteiger partial charge in [0.1, 0.15) is 11.5 Å². The minimum absolute atomic E-state index is 0.159. The molecule has 0 radical (unpaired) electrons. The number of fused-ring (bicyclic) bond motifs is 1. The quantitative estimate of drug-likeness (QED) is 0.541. The van der Waals surface area contributed by atoms with Crippen LogP contribution in [-0.4, -0.2) is 16.3 Å². The van der Waals surface area contributed by atoms with E-state index in [0.717, 1.165) is 5.56 Å². The van der Waals surface area contributed by atoms with E-state index in [2.05, 4.69) is 0 Å². The Kier molecular flexibility index (Phi) is 1.99. The van der Waals surface area contributed by atoms with E-state index in [0.29, 0.717) is 18.6 Å². The highest BCUT2D eigenvalue weighted by Crippen LogP contribution is 2.30. The maximum Gasteiger partial charge on any atom is 0.354 e. The molecule has 74 valence electrons. The number of hydrogen-bond donors (Lipinski definition) is 1. The second-order valence-corrected chi connectivity index (χ2v) is 3.19. The maximum absolute atomic E-state index is 10.5. The number of aromatic hydroxyl groups is 1. The van der Waals surface area contributed by atoms with Crippen molar-refractivity contribution >= 4 is 0 Å². The molecule has 1 aromatic rings. The van der Waals surface area contributed by atoms with Crippen LogP contribution in [0.1, 0.15) is 12.0 Å². The van der Waals surface area contributed by atoms with Gasteiger partial charge in [0, 0.05) is 0 Å². The molecule has 5 nitrogen and oxygen atoms in total. The second kappa shape index (κ2) is 3.17. The molecule has 0 amide bonds. The van der Waals surface area contributed by atoms with Crippen LogP contribution in [0.4, 0.5) is 0 Å². The van der Waals surface area contributed by atoms with E-state index in [-0.39, 0.29) is 5.75 Å². The normalized spacial score (nSPS) is 19.6. The van der Waals surface area contributed by atoms with Crippen molar-refractivity contribution < 1.29 is 14.8 Å². The number of nitro groups is 1. The summed E-state index contributed by atoms with van der Waals surface area (Å²) in [5, 5.41) is 19.6. The highest BCUT2D eigenvalue weighted by molar-refractivity contribution is 5.40. The molecule has 1 unspecified atom stereocenters.